The number of non-ortho nitro benzene ring substituents is 1. The topological polar surface area (TPSA) is 90.1 Å². The second-order valence-corrected chi connectivity index (χ2v) is 7.08. The Labute approximate surface area is 181 Å². The molecule has 1 aromatic heterocycles. The monoisotopic (exact) mass is 444 g/mol. The van der Waals surface area contributed by atoms with Crippen molar-refractivity contribution in [2.45, 2.75) is 26.6 Å². The summed E-state index contributed by atoms with van der Waals surface area (Å²) < 4.78 is 42.3. The molecule has 0 unspecified atom stereocenters. The van der Waals surface area contributed by atoms with Gasteiger partial charge in [0.1, 0.15) is 0 Å². The van der Waals surface area contributed by atoms with E-state index in [0.29, 0.717) is 17.0 Å². The van der Waals surface area contributed by atoms with Gasteiger partial charge >= 0.3 is 6.18 Å². The summed E-state index contributed by atoms with van der Waals surface area (Å²) in [5.74, 6) is -0.632. The number of nitro groups is 1. The van der Waals surface area contributed by atoms with Crippen molar-refractivity contribution in [2.75, 3.05) is 0 Å². The van der Waals surface area contributed by atoms with Crippen molar-refractivity contribution in [2.24, 2.45) is 0 Å². The number of carbonyl (C=O) groups excluding carboxylic acids is 1. The number of alkyl halides is 3. The van der Waals surface area contributed by atoms with Crippen molar-refractivity contribution in [3.63, 3.8) is 0 Å². The summed E-state index contributed by atoms with van der Waals surface area (Å²) in [6.07, 6.45) is -2.17. The van der Waals surface area contributed by atoms with Crippen LogP contribution in [-0.2, 0) is 17.5 Å². The summed E-state index contributed by atoms with van der Waals surface area (Å²) in [6, 6.07) is 11.2. The fourth-order valence-corrected chi connectivity index (χ4v) is 3.16. The van der Waals surface area contributed by atoms with Gasteiger partial charge in [-0.25, -0.2) is 4.68 Å². The zero-order chi connectivity index (χ0) is 23.5. The Morgan fingerprint density at radius 3 is 2.56 bits per heavy atom. The largest absolute Gasteiger partial charge is 0.416 e. The molecular weight excluding hydrogens is 425 g/mol. The third-order valence-electron chi connectivity index (χ3n) is 4.61. The van der Waals surface area contributed by atoms with E-state index in [0.717, 1.165) is 12.1 Å². The Bertz CT molecular complexity index is 1200. The Balaban J connectivity index is 1.76. The summed E-state index contributed by atoms with van der Waals surface area (Å²) in [5.41, 5.74) is 0.963. The molecule has 0 aliphatic rings. The van der Waals surface area contributed by atoms with Crippen molar-refractivity contribution in [3.05, 3.63) is 92.8 Å². The zero-order valence-electron chi connectivity index (χ0n) is 17.2. The fraction of sp³-hybridized carbons (Fsp3) is 0.182. The molecule has 7 nitrogen and oxygen atoms in total. The second kappa shape index (κ2) is 9.04. The molecule has 0 saturated carbocycles. The van der Waals surface area contributed by atoms with Gasteiger partial charge in [-0.05, 0) is 49.2 Å². The molecule has 0 radical (unpaired) electrons. The van der Waals surface area contributed by atoms with Crippen molar-refractivity contribution in [1.29, 1.82) is 0 Å². The summed E-state index contributed by atoms with van der Waals surface area (Å²) in [5, 5.41) is 17.4. The number of benzene rings is 2. The van der Waals surface area contributed by atoms with Gasteiger partial charge < -0.3 is 5.32 Å². The van der Waals surface area contributed by atoms with Gasteiger partial charge in [0, 0.05) is 30.4 Å². The molecule has 0 aliphatic carbocycles. The van der Waals surface area contributed by atoms with Crippen LogP contribution >= 0.6 is 0 Å². The lowest BCUT2D eigenvalue weighted by atomic mass is 10.1. The van der Waals surface area contributed by atoms with Crippen LogP contribution in [0.1, 0.15) is 28.1 Å². The molecule has 3 rings (SSSR count). The van der Waals surface area contributed by atoms with Gasteiger partial charge in [-0.3, -0.25) is 14.9 Å². The van der Waals surface area contributed by atoms with E-state index in [9.17, 15) is 28.1 Å². The molecule has 0 fully saturated rings. The van der Waals surface area contributed by atoms with Crippen LogP contribution < -0.4 is 5.32 Å². The highest BCUT2D eigenvalue weighted by atomic mass is 19.4. The minimum Gasteiger partial charge on any atom is -0.348 e. The first kappa shape index (κ1) is 22.7. The Kier molecular flexibility index (Phi) is 6.42. The van der Waals surface area contributed by atoms with Gasteiger partial charge in [-0.2, -0.15) is 18.3 Å². The highest BCUT2D eigenvalue weighted by Crippen LogP contribution is 2.33. The van der Waals surface area contributed by atoms with Crippen LogP contribution in [0, 0.1) is 24.0 Å². The number of aromatic nitrogens is 2. The number of rotatable bonds is 6. The predicted molar refractivity (Wildman–Crippen MR) is 112 cm³/mol. The van der Waals surface area contributed by atoms with E-state index >= 15 is 0 Å². The van der Waals surface area contributed by atoms with Gasteiger partial charge in [-0.15, -0.1) is 0 Å². The molecule has 3 aromatic rings. The zero-order valence-corrected chi connectivity index (χ0v) is 17.2. The van der Waals surface area contributed by atoms with Gasteiger partial charge in [-0.1, -0.05) is 18.2 Å². The Morgan fingerprint density at radius 2 is 1.94 bits per heavy atom. The second-order valence-electron chi connectivity index (χ2n) is 7.08. The van der Waals surface area contributed by atoms with Crippen LogP contribution in [-0.4, -0.2) is 20.6 Å². The van der Waals surface area contributed by atoms with E-state index in [1.165, 1.54) is 41.1 Å². The van der Waals surface area contributed by atoms with Crippen LogP contribution in [0.2, 0.25) is 0 Å². The number of halogens is 3. The van der Waals surface area contributed by atoms with Crippen LogP contribution in [0.3, 0.4) is 0 Å². The lowest BCUT2D eigenvalue weighted by molar-refractivity contribution is -0.384. The first-order chi connectivity index (χ1) is 15.0. The molecule has 0 saturated heterocycles. The molecule has 0 spiro atoms. The molecule has 1 heterocycles. The molecule has 0 aliphatic heterocycles. The van der Waals surface area contributed by atoms with Crippen molar-refractivity contribution in [1.82, 2.24) is 15.1 Å². The number of hydrogen-bond acceptors (Lipinski definition) is 4. The van der Waals surface area contributed by atoms with Crippen LogP contribution in [0.5, 0.6) is 0 Å². The highest BCUT2D eigenvalue weighted by Gasteiger charge is 2.33. The van der Waals surface area contributed by atoms with Crippen molar-refractivity contribution < 1.29 is 22.9 Å². The average Bonchev–Trinajstić information content (AvgIpc) is 3.08. The van der Waals surface area contributed by atoms with Gasteiger partial charge in [0.25, 0.3) is 5.69 Å². The number of nitro benzene ring substituents is 1. The molecule has 32 heavy (non-hydrogen) atoms. The third-order valence-corrected chi connectivity index (χ3v) is 4.61. The van der Waals surface area contributed by atoms with E-state index in [2.05, 4.69) is 10.4 Å². The lowest BCUT2D eigenvalue weighted by Gasteiger charge is -2.15. The van der Waals surface area contributed by atoms with E-state index < -0.39 is 22.6 Å². The average molecular weight is 444 g/mol. The lowest BCUT2D eigenvalue weighted by Crippen LogP contribution is -2.23. The predicted octanol–water partition coefficient (Wildman–Crippen LogP) is 4.75. The standard InChI is InChI=1S/C22H19F3N4O3/c1-14-10-15(2)28(27-14)18-8-7-17(20(12-18)22(23,24)25)13-26-21(30)9-6-16-4-3-5-19(11-16)29(31)32/h3-12H,13H2,1-2H3,(H,26,30)/b9-6+. The molecule has 166 valence electrons. The first-order valence-corrected chi connectivity index (χ1v) is 9.49. The van der Waals surface area contributed by atoms with Crippen molar-refractivity contribution in [3.8, 4) is 5.69 Å². The maximum Gasteiger partial charge on any atom is 0.416 e. The first-order valence-electron chi connectivity index (χ1n) is 9.49. The molecule has 2 aromatic carbocycles. The smallest absolute Gasteiger partial charge is 0.348 e. The number of nitrogens with zero attached hydrogens (tertiary/aromatic N) is 3. The summed E-state index contributed by atoms with van der Waals surface area (Å²) in [6.45, 7) is 3.15. The number of amides is 1. The Hall–Kier alpha value is -3.95. The molecule has 10 heteroatoms. The highest BCUT2D eigenvalue weighted by molar-refractivity contribution is 5.91. The normalized spacial score (nSPS) is 11.7. The van der Waals surface area contributed by atoms with E-state index in [1.807, 2.05) is 0 Å². The van der Waals surface area contributed by atoms with Gasteiger partial charge in [0.05, 0.1) is 21.9 Å². The van der Waals surface area contributed by atoms with E-state index in [4.69, 9.17) is 0 Å². The van der Waals surface area contributed by atoms with E-state index in [-0.39, 0.29) is 23.5 Å². The molecular formula is C22H19F3N4O3. The quantitative estimate of drug-likeness (QED) is 0.338. The van der Waals surface area contributed by atoms with E-state index in [1.54, 1.807) is 26.0 Å². The molecule has 0 bridgehead atoms. The number of hydrogen-bond donors (Lipinski definition) is 1. The summed E-state index contributed by atoms with van der Waals surface area (Å²) in [7, 11) is 0. The number of nitrogens with one attached hydrogen (secondary N) is 1. The number of aryl methyl sites for hydroxylation is 2. The fourth-order valence-electron chi connectivity index (χ4n) is 3.16. The maximum absolute atomic E-state index is 13.6. The van der Waals surface area contributed by atoms with Crippen LogP contribution in [0.25, 0.3) is 11.8 Å². The van der Waals surface area contributed by atoms with Crippen molar-refractivity contribution >= 4 is 17.7 Å². The van der Waals surface area contributed by atoms with Gasteiger partial charge in [0.15, 0.2) is 0 Å². The molecule has 1 amide bonds. The molecule has 0 atom stereocenters. The summed E-state index contributed by atoms with van der Waals surface area (Å²) >= 11 is 0. The minimum absolute atomic E-state index is 0.0973. The Morgan fingerprint density at radius 1 is 1.19 bits per heavy atom. The van der Waals surface area contributed by atoms with Gasteiger partial charge in [0.2, 0.25) is 5.91 Å². The SMILES string of the molecule is Cc1cc(C)n(-c2ccc(CNC(=O)/C=C/c3cccc([N+](=O)[O-])c3)c(C(F)(F)F)c2)n1. The van der Waals surface area contributed by atoms with Crippen LogP contribution in [0.15, 0.2) is 54.6 Å². The summed E-state index contributed by atoms with van der Waals surface area (Å²) in [4.78, 5) is 22.3. The number of carbonyl (C=O) groups is 1. The third kappa shape index (κ3) is 5.39. The molecule has 1 N–H and O–H groups in total. The maximum atomic E-state index is 13.6. The van der Waals surface area contributed by atoms with Crippen LogP contribution in [0.4, 0.5) is 18.9 Å². The minimum atomic E-state index is -4.62.